The molecule has 1 aliphatic carbocycles. The molecule has 2 aromatic carbocycles. The SMILES string of the molecule is C[C@@H](CO)NC(=O)NCC1CC(c2c(-c3ccc(F)cc3)[nH]c3c(F)cc(F)cc23)C1. The maximum atomic E-state index is 14.4. The van der Waals surface area contributed by atoms with E-state index in [1.54, 1.807) is 19.1 Å². The number of aromatic amines is 1. The van der Waals surface area contributed by atoms with Gasteiger partial charge in [-0.05, 0) is 73.1 Å². The zero-order valence-electron chi connectivity index (χ0n) is 17.0. The smallest absolute Gasteiger partial charge is 0.315 e. The fourth-order valence-corrected chi connectivity index (χ4v) is 4.20. The normalized spacial score (nSPS) is 19.1. The first-order chi connectivity index (χ1) is 14.9. The van der Waals surface area contributed by atoms with Gasteiger partial charge in [0.05, 0.1) is 23.9 Å². The number of halogens is 3. The first-order valence-corrected chi connectivity index (χ1v) is 10.3. The van der Waals surface area contributed by atoms with Crippen molar-refractivity contribution in [3.05, 3.63) is 59.4 Å². The van der Waals surface area contributed by atoms with E-state index in [9.17, 15) is 18.0 Å². The number of carbonyl (C=O) groups is 1. The Morgan fingerprint density at radius 3 is 2.55 bits per heavy atom. The maximum absolute atomic E-state index is 14.4. The molecular formula is C23H24F3N3O2. The van der Waals surface area contributed by atoms with E-state index in [0.717, 1.165) is 24.5 Å². The third-order valence-electron chi connectivity index (χ3n) is 5.84. The van der Waals surface area contributed by atoms with Gasteiger partial charge in [0.25, 0.3) is 0 Å². The van der Waals surface area contributed by atoms with E-state index in [1.807, 2.05) is 0 Å². The summed E-state index contributed by atoms with van der Waals surface area (Å²) in [6.45, 7) is 2.03. The fourth-order valence-electron chi connectivity index (χ4n) is 4.20. The van der Waals surface area contributed by atoms with E-state index in [-0.39, 0.29) is 41.8 Å². The van der Waals surface area contributed by atoms with Crippen LogP contribution in [0.5, 0.6) is 0 Å². The van der Waals surface area contributed by atoms with Crippen LogP contribution in [0.25, 0.3) is 22.2 Å². The van der Waals surface area contributed by atoms with E-state index in [2.05, 4.69) is 15.6 Å². The van der Waals surface area contributed by atoms with Crippen LogP contribution in [-0.4, -0.2) is 35.3 Å². The predicted molar refractivity (Wildman–Crippen MR) is 112 cm³/mol. The van der Waals surface area contributed by atoms with E-state index in [1.165, 1.54) is 18.2 Å². The average Bonchev–Trinajstić information content (AvgIpc) is 3.06. The van der Waals surface area contributed by atoms with Crippen molar-refractivity contribution in [3.8, 4) is 11.3 Å². The highest BCUT2D eigenvalue weighted by Gasteiger charge is 2.34. The highest BCUT2D eigenvalue weighted by atomic mass is 19.1. The number of amides is 2. The quantitative estimate of drug-likeness (QED) is 0.466. The lowest BCUT2D eigenvalue weighted by molar-refractivity contribution is 0.211. The van der Waals surface area contributed by atoms with Gasteiger partial charge in [0.15, 0.2) is 0 Å². The Morgan fingerprint density at radius 2 is 1.87 bits per heavy atom. The lowest BCUT2D eigenvalue weighted by Gasteiger charge is -2.36. The Bertz CT molecular complexity index is 1090. The number of carbonyl (C=O) groups excluding carboxylic acids is 1. The van der Waals surface area contributed by atoms with Crippen molar-refractivity contribution in [2.75, 3.05) is 13.2 Å². The average molecular weight is 431 g/mol. The zero-order chi connectivity index (χ0) is 22.1. The monoisotopic (exact) mass is 431 g/mol. The van der Waals surface area contributed by atoms with Crippen LogP contribution < -0.4 is 10.6 Å². The van der Waals surface area contributed by atoms with Crippen molar-refractivity contribution in [2.45, 2.75) is 31.7 Å². The van der Waals surface area contributed by atoms with Crippen LogP contribution in [0, 0.1) is 23.4 Å². The molecule has 0 unspecified atom stereocenters. The number of urea groups is 1. The standard InChI is InChI=1S/C23H24F3N3O2/c1-12(11-30)28-23(31)27-10-13-6-15(7-13)20-18-8-17(25)9-19(26)22(18)29-21(20)14-2-4-16(24)5-3-14/h2-5,8-9,12-13,15,29-30H,6-7,10-11H2,1H3,(H2,27,28,31)/t12-,13?,15?/m0/s1. The molecule has 0 bridgehead atoms. The summed E-state index contributed by atoms with van der Waals surface area (Å²) in [7, 11) is 0. The first kappa shape index (κ1) is 21.2. The number of hydrogen-bond acceptors (Lipinski definition) is 2. The largest absolute Gasteiger partial charge is 0.394 e. The molecular weight excluding hydrogens is 407 g/mol. The van der Waals surface area contributed by atoms with Gasteiger partial charge in [-0.2, -0.15) is 0 Å². The summed E-state index contributed by atoms with van der Waals surface area (Å²) in [5, 5.41) is 14.9. The lowest BCUT2D eigenvalue weighted by atomic mass is 9.70. The molecule has 0 aliphatic heterocycles. The number of aliphatic hydroxyl groups is 1. The zero-order valence-corrected chi connectivity index (χ0v) is 17.0. The molecule has 3 aromatic rings. The number of H-pyrrole nitrogens is 1. The second kappa shape index (κ2) is 8.63. The molecule has 4 rings (SSSR count). The molecule has 31 heavy (non-hydrogen) atoms. The van der Waals surface area contributed by atoms with Crippen LogP contribution in [0.4, 0.5) is 18.0 Å². The topological polar surface area (TPSA) is 77.2 Å². The van der Waals surface area contributed by atoms with Crippen molar-refractivity contribution >= 4 is 16.9 Å². The molecule has 0 spiro atoms. The molecule has 1 fully saturated rings. The molecule has 8 heteroatoms. The first-order valence-electron chi connectivity index (χ1n) is 10.3. The summed E-state index contributed by atoms with van der Waals surface area (Å²) in [6, 6.07) is 7.40. The van der Waals surface area contributed by atoms with Gasteiger partial charge in [0.2, 0.25) is 0 Å². The van der Waals surface area contributed by atoms with Gasteiger partial charge in [-0.15, -0.1) is 0 Å². The van der Waals surface area contributed by atoms with Gasteiger partial charge < -0.3 is 20.7 Å². The van der Waals surface area contributed by atoms with Gasteiger partial charge in [-0.3, -0.25) is 0 Å². The van der Waals surface area contributed by atoms with Gasteiger partial charge in [0.1, 0.15) is 17.5 Å². The molecule has 1 saturated carbocycles. The van der Waals surface area contributed by atoms with Crippen LogP contribution in [0.15, 0.2) is 36.4 Å². The summed E-state index contributed by atoms with van der Waals surface area (Å²) in [6.07, 6.45) is 1.49. The minimum absolute atomic E-state index is 0.0567. The number of rotatable bonds is 6. The van der Waals surface area contributed by atoms with Gasteiger partial charge >= 0.3 is 6.03 Å². The fraction of sp³-hybridized carbons (Fsp3) is 0.348. The summed E-state index contributed by atoms with van der Waals surface area (Å²) in [4.78, 5) is 14.9. The maximum Gasteiger partial charge on any atom is 0.315 e. The molecule has 0 saturated heterocycles. The van der Waals surface area contributed by atoms with Crippen molar-refractivity contribution in [2.24, 2.45) is 5.92 Å². The van der Waals surface area contributed by atoms with E-state index >= 15 is 0 Å². The second-order valence-electron chi connectivity index (χ2n) is 8.20. The molecule has 4 N–H and O–H groups in total. The van der Waals surface area contributed by atoms with Crippen LogP contribution in [-0.2, 0) is 0 Å². The number of aromatic nitrogens is 1. The minimum atomic E-state index is -0.670. The number of hydrogen-bond donors (Lipinski definition) is 4. The Kier molecular flexibility index (Phi) is 5.91. The lowest BCUT2D eigenvalue weighted by Crippen LogP contribution is -2.45. The number of benzene rings is 2. The molecule has 1 heterocycles. The van der Waals surface area contributed by atoms with Gasteiger partial charge in [-0.1, -0.05) is 0 Å². The second-order valence-corrected chi connectivity index (χ2v) is 8.20. The van der Waals surface area contributed by atoms with Gasteiger partial charge in [0, 0.05) is 18.0 Å². The predicted octanol–water partition coefficient (Wildman–Crippen LogP) is 4.43. The third-order valence-corrected chi connectivity index (χ3v) is 5.84. The van der Waals surface area contributed by atoms with E-state index in [4.69, 9.17) is 5.11 Å². The molecule has 1 aromatic heterocycles. The Hall–Kier alpha value is -3.00. The van der Waals surface area contributed by atoms with Crippen LogP contribution in [0.2, 0.25) is 0 Å². The van der Waals surface area contributed by atoms with Crippen molar-refractivity contribution in [1.82, 2.24) is 15.6 Å². The number of aliphatic hydroxyl groups excluding tert-OH is 1. The minimum Gasteiger partial charge on any atom is -0.394 e. The summed E-state index contributed by atoms with van der Waals surface area (Å²) in [5.41, 5.74) is 2.40. The molecule has 1 aliphatic rings. The summed E-state index contributed by atoms with van der Waals surface area (Å²) >= 11 is 0. The number of fused-ring (bicyclic) bond motifs is 1. The Morgan fingerprint density at radius 1 is 1.16 bits per heavy atom. The Balaban J connectivity index is 1.55. The summed E-state index contributed by atoms with van der Waals surface area (Å²) in [5.74, 6) is -1.41. The molecule has 5 nitrogen and oxygen atoms in total. The Labute approximate surface area is 177 Å². The van der Waals surface area contributed by atoms with Crippen molar-refractivity contribution in [3.63, 3.8) is 0 Å². The van der Waals surface area contributed by atoms with Crippen LogP contribution in [0.3, 0.4) is 0 Å². The van der Waals surface area contributed by atoms with E-state index < -0.39 is 11.6 Å². The van der Waals surface area contributed by atoms with Crippen LogP contribution in [0.1, 0.15) is 31.2 Å². The van der Waals surface area contributed by atoms with Crippen LogP contribution >= 0.6 is 0 Å². The molecule has 1 atom stereocenters. The van der Waals surface area contributed by atoms with Crippen molar-refractivity contribution < 1.29 is 23.1 Å². The molecule has 0 radical (unpaired) electrons. The number of nitrogens with one attached hydrogen (secondary N) is 3. The van der Waals surface area contributed by atoms with E-state index in [0.29, 0.717) is 23.2 Å². The molecule has 164 valence electrons. The molecule has 2 amide bonds. The summed E-state index contributed by atoms with van der Waals surface area (Å²) < 4.78 is 41.8. The van der Waals surface area contributed by atoms with Gasteiger partial charge in [-0.25, -0.2) is 18.0 Å². The highest BCUT2D eigenvalue weighted by Crippen LogP contribution is 2.48. The highest BCUT2D eigenvalue weighted by molar-refractivity contribution is 5.92. The third kappa shape index (κ3) is 4.39. The van der Waals surface area contributed by atoms with Crippen molar-refractivity contribution in [1.29, 1.82) is 0 Å².